The Morgan fingerprint density at radius 2 is 2.35 bits per heavy atom. The van der Waals surface area contributed by atoms with Crippen molar-refractivity contribution in [3.63, 3.8) is 0 Å². The third-order valence-corrected chi connectivity index (χ3v) is 1.91. The molecule has 4 N–H and O–H groups in total. The molecule has 0 bridgehead atoms. The molecule has 2 aromatic rings. The fourth-order valence-electron chi connectivity index (χ4n) is 1.21. The molecule has 1 amide bonds. The minimum absolute atomic E-state index is 0.0258. The van der Waals surface area contributed by atoms with Gasteiger partial charge in [-0.15, -0.1) is 0 Å². The number of H-pyrrole nitrogens is 1. The Labute approximate surface area is 95.4 Å². The van der Waals surface area contributed by atoms with Crippen LogP contribution in [-0.4, -0.2) is 25.9 Å². The van der Waals surface area contributed by atoms with E-state index in [1.54, 1.807) is 6.20 Å². The van der Waals surface area contributed by atoms with Crippen molar-refractivity contribution in [3.8, 4) is 0 Å². The van der Waals surface area contributed by atoms with Crippen LogP contribution in [-0.2, 0) is 11.3 Å². The first-order chi connectivity index (χ1) is 8.13. The summed E-state index contributed by atoms with van der Waals surface area (Å²) < 4.78 is 1.40. The summed E-state index contributed by atoms with van der Waals surface area (Å²) >= 11 is 0. The molecule has 0 unspecified atom stereocenters. The Bertz CT molecular complexity index is 567. The van der Waals surface area contributed by atoms with Crippen molar-refractivity contribution in [1.29, 1.82) is 0 Å². The van der Waals surface area contributed by atoms with Crippen molar-refractivity contribution < 1.29 is 4.79 Å². The van der Waals surface area contributed by atoms with Gasteiger partial charge in [0.2, 0.25) is 5.91 Å². The average Bonchev–Trinajstić information content (AvgIpc) is 2.67. The molecule has 2 aromatic heterocycles. The summed E-state index contributed by atoms with van der Waals surface area (Å²) in [6.07, 6.45) is 2.99. The predicted octanol–water partition coefficient (Wildman–Crippen LogP) is -0.813. The van der Waals surface area contributed by atoms with Crippen LogP contribution in [0.5, 0.6) is 0 Å². The van der Waals surface area contributed by atoms with Crippen LogP contribution in [0.1, 0.15) is 0 Å². The van der Waals surface area contributed by atoms with Crippen LogP contribution in [0.25, 0.3) is 0 Å². The standard InChI is InChI=1S/C9H10N6O2/c10-6-3-11-15(4-6)5-9(17)12-7-1-2-8(16)14-13-7/h1-4H,5,10H2,(H,14,16)(H,12,13,17). The molecule has 0 aromatic carbocycles. The van der Waals surface area contributed by atoms with E-state index in [4.69, 9.17) is 5.73 Å². The third kappa shape index (κ3) is 2.91. The van der Waals surface area contributed by atoms with Crippen molar-refractivity contribution >= 4 is 17.4 Å². The van der Waals surface area contributed by atoms with E-state index in [0.717, 1.165) is 0 Å². The summed E-state index contributed by atoms with van der Waals surface area (Å²) in [6, 6.07) is 2.68. The fourth-order valence-corrected chi connectivity index (χ4v) is 1.21. The number of nitrogens with zero attached hydrogens (tertiary/aromatic N) is 3. The smallest absolute Gasteiger partial charge is 0.264 e. The molecule has 88 valence electrons. The molecule has 17 heavy (non-hydrogen) atoms. The summed E-state index contributed by atoms with van der Waals surface area (Å²) in [6.45, 7) is 0.0258. The highest BCUT2D eigenvalue weighted by Gasteiger charge is 2.05. The SMILES string of the molecule is Nc1cnn(CC(=O)Nc2ccc(=O)[nH]n2)c1. The highest BCUT2D eigenvalue weighted by atomic mass is 16.2. The van der Waals surface area contributed by atoms with Crippen molar-refractivity contribution in [3.05, 3.63) is 34.9 Å². The number of hydrogen-bond acceptors (Lipinski definition) is 5. The van der Waals surface area contributed by atoms with Gasteiger partial charge in [-0.2, -0.15) is 10.2 Å². The highest BCUT2D eigenvalue weighted by molar-refractivity contribution is 5.89. The second-order valence-corrected chi connectivity index (χ2v) is 3.33. The summed E-state index contributed by atoms with van der Waals surface area (Å²) in [5, 5.41) is 12.2. The summed E-state index contributed by atoms with van der Waals surface area (Å²) in [4.78, 5) is 22.3. The molecule has 0 aliphatic heterocycles. The normalized spacial score (nSPS) is 10.1. The van der Waals surface area contributed by atoms with Gasteiger partial charge in [0.1, 0.15) is 6.54 Å². The summed E-state index contributed by atoms with van der Waals surface area (Å²) in [5.41, 5.74) is 5.61. The zero-order valence-corrected chi connectivity index (χ0v) is 8.75. The van der Waals surface area contributed by atoms with Gasteiger partial charge < -0.3 is 11.1 Å². The van der Waals surface area contributed by atoms with Crippen LogP contribution >= 0.6 is 0 Å². The van der Waals surface area contributed by atoms with Gasteiger partial charge in [-0.25, -0.2) is 5.10 Å². The lowest BCUT2D eigenvalue weighted by molar-refractivity contribution is -0.116. The minimum atomic E-state index is -0.331. The molecule has 0 spiro atoms. The molecule has 0 aliphatic rings. The van der Waals surface area contributed by atoms with E-state index in [2.05, 4.69) is 20.6 Å². The minimum Gasteiger partial charge on any atom is -0.396 e. The van der Waals surface area contributed by atoms with Gasteiger partial charge in [-0.3, -0.25) is 14.3 Å². The Kier molecular flexibility index (Phi) is 2.86. The van der Waals surface area contributed by atoms with Crippen molar-refractivity contribution in [2.45, 2.75) is 6.54 Å². The van der Waals surface area contributed by atoms with Crippen molar-refractivity contribution in [2.75, 3.05) is 11.1 Å². The topological polar surface area (TPSA) is 119 Å². The quantitative estimate of drug-likeness (QED) is 0.641. The van der Waals surface area contributed by atoms with E-state index in [1.807, 2.05) is 0 Å². The average molecular weight is 234 g/mol. The lowest BCUT2D eigenvalue weighted by atomic mass is 10.5. The van der Waals surface area contributed by atoms with Crippen LogP contribution in [0.3, 0.4) is 0 Å². The first-order valence-corrected chi connectivity index (χ1v) is 4.77. The van der Waals surface area contributed by atoms with E-state index < -0.39 is 0 Å². The number of carbonyl (C=O) groups is 1. The van der Waals surface area contributed by atoms with Crippen molar-refractivity contribution in [1.82, 2.24) is 20.0 Å². The van der Waals surface area contributed by atoms with Crippen LogP contribution in [0.2, 0.25) is 0 Å². The van der Waals surface area contributed by atoms with Crippen LogP contribution in [0, 0.1) is 0 Å². The molecule has 0 aliphatic carbocycles. The number of nitrogens with one attached hydrogen (secondary N) is 2. The number of aromatic amines is 1. The van der Waals surface area contributed by atoms with Gasteiger partial charge >= 0.3 is 0 Å². The lowest BCUT2D eigenvalue weighted by Crippen LogP contribution is -2.20. The molecular weight excluding hydrogens is 224 g/mol. The van der Waals surface area contributed by atoms with Gasteiger partial charge in [0.05, 0.1) is 11.9 Å². The van der Waals surface area contributed by atoms with Crippen LogP contribution in [0.4, 0.5) is 11.5 Å². The molecule has 0 atom stereocenters. The van der Waals surface area contributed by atoms with E-state index in [1.165, 1.54) is 23.0 Å². The van der Waals surface area contributed by atoms with Gasteiger partial charge in [-0.05, 0) is 6.07 Å². The zero-order valence-electron chi connectivity index (χ0n) is 8.75. The molecule has 0 fully saturated rings. The number of nitrogen functional groups attached to an aromatic ring is 1. The number of amides is 1. The van der Waals surface area contributed by atoms with Crippen LogP contribution < -0.4 is 16.6 Å². The molecule has 0 saturated heterocycles. The molecule has 0 radical (unpaired) electrons. The number of nitrogens with two attached hydrogens (primary N) is 1. The monoisotopic (exact) mass is 234 g/mol. The van der Waals surface area contributed by atoms with E-state index >= 15 is 0 Å². The van der Waals surface area contributed by atoms with E-state index in [9.17, 15) is 9.59 Å². The Balaban J connectivity index is 1.97. The molecule has 2 heterocycles. The maximum Gasteiger partial charge on any atom is 0.264 e. The number of aromatic nitrogens is 4. The lowest BCUT2D eigenvalue weighted by Gasteiger charge is -2.03. The van der Waals surface area contributed by atoms with Gasteiger partial charge in [0, 0.05) is 12.3 Å². The highest BCUT2D eigenvalue weighted by Crippen LogP contribution is 2.00. The van der Waals surface area contributed by atoms with E-state index in [-0.39, 0.29) is 23.8 Å². The molecule has 8 nitrogen and oxygen atoms in total. The maximum absolute atomic E-state index is 11.5. The Morgan fingerprint density at radius 3 is 2.94 bits per heavy atom. The number of hydrogen-bond donors (Lipinski definition) is 3. The summed E-state index contributed by atoms with van der Waals surface area (Å²) in [7, 11) is 0. The number of anilines is 2. The van der Waals surface area contributed by atoms with Gasteiger partial charge in [0.15, 0.2) is 5.82 Å². The molecule has 8 heteroatoms. The fraction of sp³-hybridized carbons (Fsp3) is 0.111. The first-order valence-electron chi connectivity index (χ1n) is 4.77. The number of carbonyl (C=O) groups excluding carboxylic acids is 1. The summed E-state index contributed by atoms with van der Waals surface area (Å²) in [5.74, 6) is -0.0395. The molecule has 2 rings (SSSR count). The van der Waals surface area contributed by atoms with E-state index in [0.29, 0.717) is 5.69 Å². The van der Waals surface area contributed by atoms with Gasteiger partial charge in [0.25, 0.3) is 5.56 Å². The molecular formula is C9H10N6O2. The number of rotatable bonds is 3. The molecule has 0 saturated carbocycles. The second-order valence-electron chi connectivity index (χ2n) is 3.33. The zero-order chi connectivity index (χ0) is 12.3. The van der Waals surface area contributed by atoms with Gasteiger partial charge in [-0.1, -0.05) is 0 Å². The predicted molar refractivity (Wildman–Crippen MR) is 60.1 cm³/mol. The Hall–Kier alpha value is -2.64. The maximum atomic E-state index is 11.5. The third-order valence-electron chi connectivity index (χ3n) is 1.91. The second kappa shape index (κ2) is 4.47. The van der Waals surface area contributed by atoms with Crippen LogP contribution in [0.15, 0.2) is 29.3 Å². The van der Waals surface area contributed by atoms with Crippen molar-refractivity contribution in [2.24, 2.45) is 0 Å². The first kappa shape index (κ1) is 10.9. The largest absolute Gasteiger partial charge is 0.396 e. The Morgan fingerprint density at radius 1 is 1.53 bits per heavy atom.